The van der Waals surface area contributed by atoms with Gasteiger partial charge in [-0.1, -0.05) is 35.1 Å². The number of nitrogens with two attached hydrogens (primary N) is 1. The molecule has 0 atom stereocenters. The van der Waals surface area contributed by atoms with E-state index in [2.05, 4.69) is 4.98 Å². The molecule has 1 aromatic carbocycles. The largest absolute Gasteiger partial charge is 0.476 e. The number of carboxylic acid groups (broad SMARTS) is 1. The standard InChI is InChI=1S/C12H12N2O2S/c1-6-3-4-8(7(2)5-6)10-9(11(15)16)14-12(13)17-10/h3-5H,1-2H3,(H2,13,14)(H,15,16). The summed E-state index contributed by atoms with van der Waals surface area (Å²) in [5.74, 6) is -1.05. The van der Waals surface area contributed by atoms with Crippen LogP contribution in [-0.4, -0.2) is 16.1 Å². The van der Waals surface area contributed by atoms with Crippen molar-refractivity contribution in [3.8, 4) is 10.4 Å². The third-order valence-electron chi connectivity index (χ3n) is 2.47. The average molecular weight is 248 g/mol. The highest BCUT2D eigenvalue weighted by atomic mass is 32.1. The molecule has 2 rings (SSSR count). The number of thiazole rings is 1. The fourth-order valence-corrected chi connectivity index (χ4v) is 2.65. The number of aromatic carboxylic acids is 1. The van der Waals surface area contributed by atoms with Gasteiger partial charge in [-0.25, -0.2) is 9.78 Å². The number of aromatic nitrogens is 1. The molecule has 0 spiro atoms. The van der Waals surface area contributed by atoms with Crippen LogP contribution >= 0.6 is 11.3 Å². The van der Waals surface area contributed by atoms with Crippen LogP contribution in [0.25, 0.3) is 10.4 Å². The first-order valence-corrected chi connectivity index (χ1v) is 5.88. The highest BCUT2D eigenvalue weighted by Gasteiger charge is 2.18. The first-order chi connectivity index (χ1) is 7.99. The van der Waals surface area contributed by atoms with Crippen molar-refractivity contribution in [3.63, 3.8) is 0 Å². The number of nitrogens with zero attached hydrogens (tertiary/aromatic N) is 1. The van der Waals surface area contributed by atoms with Crippen molar-refractivity contribution in [2.24, 2.45) is 0 Å². The summed E-state index contributed by atoms with van der Waals surface area (Å²) in [6, 6.07) is 5.87. The van der Waals surface area contributed by atoms with Crippen LogP contribution in [0, 0.1) is 13.8 Å². The van der Waals surface area contributed by atoms with Crippen molar-refractivity contribution in [1.82, 2.24) is 4.98 Å². The molecule has 0 aliphatic rings. The molecule has 0 bridgehead atoms. The van der Waals surface area contributed by atoms with Gasteiger partial charge in [-0.3, -0.25) is 0 Å². The molecule has 0 saturated heterocycles. The van der Waals surface area contributed by atoms with Crippen molar-refractivity contribution in [2.45, 2.75) is 13.8 Å². The van der Waals surface area contributed by atoms with Crippen LogP contribution < -0.4 is 5.73 Å². The first-order valence-electron chi connectivity index (χ1n) is 5.06. The smallest absolute Gasteiger partial charge is 0.356 e. The number of carboxylic acids is 1. The van der Waals surface area contributed by atoms with Crippen molar-refractivity contribution in [1.29, 1.82) is 0 Å². The SMILES string of the molecule is Cc1ccc(-c2sc(N)nc2C(=O)O)c(C)c1. The quantitative estimate of drug-likeness (QED) is 0.856. The molecule has 4 nitrogen and oxygen atoms in total. The van der Waals surface area contributed by atoms with E-state index < -0.39 is 5.97 Å². The fraction of sp³-hybridized carbons (Fsp3) is 0.167. The molecule has 0 saturated carbocycles. The topological polar surface area (TPSA) is 76.2 Å². The molecule has 0 unspecified atom stereocenters. The van der Waals surface area contributed by atoms with Gasteiger partial charge in [0.15, 0.2) is 10.8 Å². The van der Waals surface area contributed by atoms with Gasteiger partial charge < -0.3 is 10.8 Å². The summed E-state index contributed by atoms with van der Waals surface area (Å²) in [5.41, 5.74) is 8.65. The summed E-state index contributed by atoms with van der Waals surface area (Å²) in [7, 11) is 0. The Morgan fingerprint density at radius 2 is 2.12 bits per heavy atom. The van der Waals surface area contributed by atoms with E-state index in [-0.39, 0.29) is 10.8 Å². The number of benzene rings is 1. The average Bonchev–Trinajstić information content (AvgIpc) is 2.60. The van der Waals surface area contributed by atoms with Crippen LogP contribution in [0.2, 0.25) is 0 Å². The summed E-state index contributed by atoms with van der Waals surface area (Å²) < 4.78 is 0. The number of hydrogen-bond donors (Lipinski definition) is 2. The molecule has 0 radical (unpaired) electrons. The summed E-state index contributed by atoms with van der Waals surface area (Å²) in [6.07, 6.45) is 0. The van der Waals surface area contributed by atoms with Crippen LogP contribution in [-0.2, 0) is 0 Å². The molecule has 2 aromatic rings. The Hall–Kier alpha value is -1.88. The summed E-state index contributed by atoms with van der Waals surface area (Å²) >= 11 is 1.20. The molecule has 1 heterocycles. The van der Waals surface area contributed by atoms with Gasteiger partial charge in [0.05, 0.1) is 4.88 Å². The zero-order chi connectivity index (χ0) is 12.6. The van der Waals surface area contributed by atoms with E-state index in [1.54, 1.807) is 0 Å². The zero-order valence-corrected chi connectivity index (χ0v) is 10.3. The maximum Gasteiger partial charge on any atom is 0.356 e. The van der Waals surface area contributed by atoms with E-state index in [9.17, 15) is 4.79 Å². The monoisotopic (exact) mass is 248 g/mol. The van der Waals surface area contributed by atoms with E-state index in [4.69, 9.17) is 10.8 Å². The van der Waals surface area contributed by atoms with Crippen LogP contribution in [0.4, 0.5) is 5.13 Å². The summed E-state index contributed by atoms with van der Waals surface area (Å²) in [6.45, 7) is 3.94. The second-order valence-electron chi connectivity index (χ2n) is 3.85. The van der Waals surface area contributed by atoms with Crippen LogP contribution in [0.3, 0.4) is 0 Å². The Kier molecular flexibility index (Phi) is 2.85. The molecule has 3 N–H and O–H groups in total. The van der Waals surface area contributed by atoms with Crippen molar-refractivity contribution in [2.75, 3.05) is 5.73 Å². The lowest BCUT2D eigenvalue weighted by Gasteiger charge is -2.05. The molecular formula is C12H12N2O2S. The second kappa shape index (κ2) is 4.18. The minimum atomic E-state index is -1.05. The highest BCUT2D eigenvalue weighted by molar-refractivity contribution is 7.19. The maximum absolute atomic E-state index is 11.1. The third kappa shape index (κ3) is 2.14. The van der Waals surface area contributed by atoms with Crippen molar-refractivity contribution < 1.29 is 9.90 Å². The number of hydrogen-bond acceptors (Lipinski definition) is 4. The van der Waals surface area contributed by atoms with Crippen LogP contribution in [0.15, 0.2) is 18.2 Å². The summed E-state index contributed by atoms with van der Waals surface area (Å²) in [5, 5.41) is 9.35. The molecule has 0 aliphatic carbocycles. The van der Waals surface area contributed by atoms with Gasteiger partial charge in [-0.05, 0) is 25.0 Å². The molecule has 5 heteroatoms. The van der Waals surface area contributed by atoms with E-state index in [0.717, 1.165) is 16.7 Å². The predicted molar refractivity (Wildman–Crippen MR) is 68.4 cm³/mol. The van der Waals surface area contributed by atoms with E-state index in [1.807, 2.05) is 32.0 Å². The van der Waals surface area contributed by atoms with Gasteiger partial charge in [0.2, 0.25) is 0 Å². The van der Waals surface area contributed by atoms with Gasteiger partial charge in [0.1, 0.15) is 0 Å². The zero-order valence-electron chi connectivity index (χ0n) is 9.52. The Bertz CT molecular complexity index is 590. The number of nitrogen functional groups attached to an aromatic ring is 1. The van der Waals surface area contributed by atoms with Gasteiger partial charge in [0, 0.05) is 0 Å². The van der Waals surface area contributed by atoms with Gasteiger partial charge >= 0.3 is 5.97 Å². The van der Waals surface area contributed by atoms with E-state index in [0.29, 0.717) is 4.88 Å². The van der Waals surface area contributed by atoms with Gasteiger partial charge in [0.25, 0.3) is 0 Å². The Morgan fingerprint density at radius 1 is 1.41 bits per heavy atom. The molecule has 0 amide bonds. The third-order valence-corrected chi connectivity index (χ3v) is 3.39. The van der Waals surface area contributed by atoms with Gasteiger partial charge in [-0.15, -0.1) is 0 Å². The molecule has 0 aliphatic heterocycles. The minimum absolute atomic E-state index is 0.0273. The normalized spacial score (nSPS) is 10.5. The number of carbonyl (C=O) groups is 1. The first kappa shape index (κ1) is 11.6. The molecule has 0 fully saturated rings. The summed E-state index contributed by atoms with van der Waals surface area (Å²) in [4.78, 5) is 15.5. The highest BCUT2D eigenvalue weighted by Crippen LogP contribution is 2.34. The number of rotatable bonds is 2. The fourth-order valence-electron chi connectivity index (χ4n) is 1.73. The van der Waals surface area contributed by atoms with E-state index >= 15 is 0 Å². The van der Waals surface area contributed by atoms with Crippen molar-refractivity contribution >= 4 is 22.4 Å². The Labute approximate surface area is 103 Å². The van der Waals surface area contributed by atoms with Crippen LogP contribution in [0.5, 0.6) is 0 Å². The van der Waals surface area contributed by atoms with Crippen LogP contribution in [0.1, 0.15) is 21.6 Å². The molecule has 17 heavy (non-hydrogen) atoms. The lowest BCUT2D eigenvalue weighted by atomic mass is 10.0. The predicted octanol–water partition coefficient (Wildman–Crippen LogP) is 2.71. The number of aryl methyl sites for hydroxylation is 2. The number of anilines is 1. The molecule has 88 valence electrons. The second-order valence-corrected chi connectivity index (χ2v) is 4.88. The van der Waals surface area contributed by atoms with E-state index in [1.165, 1.54) is 11.3 Å². The molecular weight excluding hydrogens is 236 g/mol. The maximum atomic E-state index is 11.1. The molecule has 1 aromatic heterocycles. The van der Waals surface area contributed by atoms with Gasteiger partial charge in [-0.2, -0.15) is 0 Å². The Balaban J connectivity index is 2.63. The Morgan fingerprint density at radius 3 is 2.71 bits per heavy atom. The minimum Gasteiger partial charge on any atom is -0.476 e. The van der Waals surface area contributed by atoms with Crippen molar-refractivity contribution in [3.05, 3.63) is 35.0 Å². The lowest BCUT2D eigenvalue weighted by Crippen LogP contribution is -1.99. The lowest BCUT2D eigenvalue weighted by molar-refractivity contribution is 0.0692.